The molecule has 1 aliphatic rings. The number of nitrogens with one attached hydrogen (secondary N) is 2. The number of fused-ring (bicyclic) bond motifs is 1. The normalized spacial score (nSPS) is 13.2. The Hall–Kier alpha value is -4.22. The van der Waals surface area contributed by atoms with E-state index in [0.717, 1.165) is 5.57 Å². The maximum Gasteiger partial charge on any atom is 0.214 e. The Morgan fingerprint density at radius 2 is 1.51 bits per heavy atom. The summed E-state index contributed by atoms with van der Waals surface area (Å²) >= 11 is 0. The molecule has 37 heavy (non-hydrogen) atoms. The SMILES string of the molecule is COc1c(O)c2c(=O)cc(CO)c3c4c(CO)cc(NO)c5c(=O)c(NO)c6c(c(c1CC(C)=C6)c23)c54. The minimum Gasteiger partial charge on any atom is -0.504 e. The number of allylic oxidation sites excluding steroid dienone is 1. The summed E-state index contributed by atoms with van der Waals surface area (Å²) in [4.78, 5) is 27.0. The van der Waals surface area contributed by atoms with Crippen LogP contribution in [-0.4, -0.2) is 32.8 Å². The van der Waals surface area contributed by atoms with Gasteiger partial charge in [0.05, 0.1) is 36.8 Å². The van der Waals surface area contributed by atoms with Crippen LogP contribution < -0.4 is 26.6 Å². The van der Waals surface area contributed by atoms with E-state index in [1.165, 1.54) is 19.2 Å². The van der Waals surface area contributed by atoms with Crippen LogP contribution in [0.3, 0.4) is 0 Å². The summed E-state index contributed by atoms with van der Waals surface area (Å²) in [6, 6.07) is 2.63. The zero-order valence-corrected chi connectivity index (χ0v) is 19.8. The third-order valence-corrected chi connectivity index (χ3v) is 7.43. The summed E-state index contributed by atoms with van der Waals surface area (Å²) in [6.07, 6.45) is 2.02. The molecule has 0 fully saturated rings. The monoisotopic (exact) mass is 502 g/mol. The zero-order valence-electron chi connectivity index (χ0n) is 19.8. The van der Waals surface area contributed by atoms with Crippen LogP contribution in [0.25, 0.3) is 49.2 Å². The minimum atomic E-state index is -0.609. The fourth-order valence-electron chi connectivity index (χ4n) is 6.11. The average Bonchev–Trinajstić information content (AvgIpc) is 3.04. The van der Waals surface area contributed by atoms with Gasteiger partial charge in [0.15, 0.2) is 16.9 Å². The standard InChI is InChI=1S/C27H22N2O8/c1-9-3-12-18-19-13(4-9)27(37-2)26(34)21-15(32)6-11(8-31)17(23(19)21)16-10(7-30)5-14(28-35)20(22(16)18)25(33)24(12)29-36/h3,5-6,28-31,34-36H,4,7-8H2,1-2H3. The quantitative estimate of drug-likeness (QED) is 0.108. The highest BCUT2D eigenvalue weighted by atomic mass is 16.5. The van der Waals surface area contributed by atoms with E-state index >= 15 is 0 Å². The lowest BCUT2D eigenvalue weighted by Crippen LogP contribution is -2.15. The lowest BCUT2D eigenvalue weighted by Gasteiger charge is -2.24. The summed E-state index contributed by atoms with van der Waals surface area (Å²) in [6.45, 7) is 0.811. The molecule has 0 atom stereocenters. The second kappa shape index (κ2) is 7.89. The molecule has 0 saturated heterocycles. The first-order chi connectivity index (χ1) is 17.8. The summed E-state index contributed by atoms with van der Waals surface area (Å²) in [5, 5.41) is 54.4. The second-order valence-corrected chi connectivity index (χ2v) is 9.30. The summed E-state index contributed by atoms with van der Waals surface area (Å²) in [5.74, 6) is -0.244. The Labute approximate surface area is 207 Å². The molecule has 0 saturated carbocycles. The average molecular weight is 502 g/mol. The summed E-state index contributed by atoms with van der Waals surface area (Å²) < 4.78 is 5.60. The van der Waals surface area contributed by atoms with Crippen LogP contribution in [0.5, 0.6) is 11.5 Å². The summed E-state index contributed by atoms with van der Waals surface area (Å²) in [7, 11) is 1.38. The van der Waals surface area contributed by atoms with Crippen LogP contribution in [0.4, 0.5) is 11.4 Å². The molecule has 0 aromatic heterocycles. The fourth-order valence-corrected chi connectivity index (χ4v) is 6.11. The van der Waals surface area contributed by atoms with Crippen molar-refractivity contribution in [3.63, 3.8) is 0 Å². The third-order valence-electron chi connectivity index (χ3n) is 7.43. The van der Waals surface area contributed by atoms with Gasteiger partial charge in [0.1, 0.15) is 5.69 Å². The molecule has 188 valence electrons. The van der Waals surface area contributed by atoms with Crippen molar-refractivity contribution in [2.24, 2.45) is 0 Å². The molecular formula is C27H22N2O8. The molecular weight excluding hydrogens is 480 g/mol. The number of benzene rings is 5. The Morgan fingerprint density at radius 1 is 0.865 bits per heavy atom. The smallest absolute Gasteiger partial charge is 0.214 e. The van der Waals surface area contributed by atoms with Crippen LogP contribution >= 0.6 is 0 Å². The van der Waals surface area contributed by atoms with E-state index in [2.05, 4.69) is 0 Å². The Morgan fingerprint density at radius 3 is 2.11 bits per heavy atom. The van der Waals surface area contributed by atoms with Crippen LogP contribution in [0.1, 0.15) is 29.2 Å². The molecule has 0 unspecified atom stereocenters. The van der Waals surface area contributed by atoms with E-state index in [0.29, 0.717) is 49.0 Å². The van der Waals surface area contributed by atoms with E-state index in [4.69, 9.17) is 4.74 Å². The molecule has 10 nitrogen and oxygen atoms in total. The number of hydrogen-bond acceptors (Lipinski definition) is 10. The van der Waals surface area contributed by atoms with Gasteiger partial charge in [0.2, 0.25) is 5.43 Å². The molecule has 5 aromatic rings. The highest BCUT2D eigenvalue weighted by Crippen LogP contribution is 2.53. The number of phenols is 1. The molecule has 6 rings (SSSR count). The van der Waals surface area contributed by atoms with Crippen molar-refractivity contribution in [3.05, 3.63) is 60.4 Å². The lowest BCUT2D eigenvalue weighted by molar-refractivity contribution is 0.282. The number of anilines is 2. The Kier molecular flexibility index (Phi) is 4.95. The van der Waals surface area contributed by atoms with Gasteiger partial charge >= 0.3 is 0 Å². The van der Waals surface area contributed by atoms with Crippen LogP contribution in [0, 0.1) is 0 Å². The van der Waals surface area contributed by atoms with Gasteiger partial charge < -0.3 is 20.1 Å². The molecule has 10 heteroatoms. The van der Waals surface area contributed by atoms with Gasteiger partial charge in [0, 0.05) is 27.3 Å². The van der Waals surface area contributed by atoms with Crippen molar-refractivity contribution < 1.29 is 30.5 Å². The maximum atomic E-state index is 13.7. The maximum absolute atomic E-state index is 13.7. The molecule has 7 N–H and O–H groups in total. The molecule has 1 aliphatic carbocycles. The second-order valence-electron chi connectivity index (χ2n) is 9.30. The number of aliphatic hydroxyl groups excluding tert-OH is 2. The third kappa shape index (κ3) is 2.72. The predicted octanol–water partition coefficient (Wildman–Crippen LogP) is 3.16. The van der Waals surface area contributed by atoms with Gasteiger partial charge in [-0.1, -0.05) is 11.6 Å². The van der Waals surface area contributed by atoms with Gasteiger partial charge in [-0.25, -0.2) is 0 Å². The van der Waals surface area contributed by atoms with Gasteiger partial charge in [-0.2, -0.15) is 0 Å². The first-order valence-corrected chi connectivity index (χ1v) is 11.5. The highest BCUT2D eigenvalue weighted by Gasteiger charge is 2.32. The zero-order chi connectivity index (χ0) is 26.3. The number of methoxy groups -OCH3 is 1. The van der Waals surface area contributed by atoms with Crippen LogP contribution in [0.15, 0.2) is 27.3 Å². The van der Waals surface area contributed by atoms with Crippen molar-refractivity contribution in [1.29, 1.82) is 0 Å². The van der Waals surface area contributed by atoms with E-state index < -0.39 is 24.1 Å². The largest absolute Gasteiger partial charge is 0.504 e. The van der Waals surface area contributed by atoms with Crippen molar-refractivity contribution in [1.82, 2.24) is 0 Å². The van der Waals surface area contributed by atoms with E-state index in [1.807, 2.05) is 17.9 Å². The van der Waals surface area contributed by atoms with Crippen LogP contribution in [0.2, 0.25) is 0 Å². The molecule has 0 aliphatic heterocycles. The molecule has 0 radical (unpaired) electrons. The predicted molar refractivity (Wildman–Crippen MR) is 140 cm³/mol. The Balaban J connectivity index is 2.19. The van der Waals surface area contributed by atoms with Crippen molar-refractivity contribution >= 4 is 60.5 Å². The number of phenolic OH excluding ortho intramolecular Hbond substituents is 1. The van der Waals surface area contributed by atoms with E-state index in [-0.39, 0.29) is 45.6 Å². The van der Waals surface area contributed by atoms with Gasteiger partial charge in [-0.3, -0.25) is 31.0 Å². The van der Waals surface area contributed by atoms with Gasteiger partial charge in [-0.05, 0) is 52.8 Å². The van der Waals surface area contributed by atoms with Gasteiger partial charge in [0.25, 0.3) is 0 Å². The molecule has 0 spiro atoms. The van der Waals surface area contributed by atoms with E-state index in [1.54, 1.807) is 6.08 Å². The number of hydrogen-bond donors (Lipinski definition) is 7. The minimum absolute atomic E-state index is 0.00929. The van der Waals surface area contributed by atoms with Crippen molar-refractivity contribution in [2.45, 2.75) is 26.6 Å². The molecule has 5 aromatic carbocycles. The first-order valence-electron chi connectivity index (χ1n) is 11.5. The van der Waals surface area contributed by atoms with Crippen LogP contribution in [-0.2, 0) is 19.6 Å². The molecule has 0 amide bonds. The molecule has 0 heterocycles. The first kappa shape index (κ1) is 23.2. The summed E-state index contributed by atoms with van der Waals surface area (Å²) in [5.41, 5.74) is 5.02. The molecule has 0 bridgehead atoms. The highest BCUT2D eigenvalue weighted by molar-refractivity contribution is 6.39. The van der Waals surface area contributed by atoms with E-state index in [9.17, 15) is 35.3 Å². The number of aliphatic hydroxyl groups is 2. The fraction of sp³-hybridized carbons (Fsp3) is 0.185. The van der Waals surface area contributed by atoms with Gasteiger partial charge in [-0.15, -0.1) is 0 Å². The Bertz CT molecular complexity index is 1950. The number of rotatable bonds is 5. The van der Waals surface area contributed by atoms with Crippen molar-refractivity contribution in [3.8, 4) is 11.5 Å². The topological polar surface area (TPSA) is 169 Å². The lowest BCUT2D eigenvalue weighted by atomic mass is 9.81. The number of ether oxygens (including phenoxy) is 1. The number of aromatic hydroxyl groups is 1. The van der Waals surface area contributed by atoms with Crippen molar-refractivity contribution in [2.75, 3.05) is 18.1 Å².